The minimum absolute atomic E-state index is 0.290. The van der Waals surface area contributed by atoms with E-state index >= 15 is 0 Å². The van der Waals surface area contributed by atoms with E-state index < -0.39 is 0 Å². The van der Waals surface area contributed by atoms with Crippen molar-refractivity contribution in [3.8, 4) is 0 Å². The molecule has 3 heteroatoms. The molecule has 2 fully saturated rings. The average molecular weight is 238 g/mol. The third kappa shape index (κ3) is 2.65. The molecule has 17 heavy (non-hydrogen) atoms. The highest BCUT2D eigenvalue weighted by atomic mass is 16.2. The molecule has 2 aliphatic rings. The van der Waals surface area contributed by atoms with Gasteiger partial charge in [0.2, 0.25) is 5.91 Å². The summed E-state index contributed by atoms with van der Waals surface area (Å²) < 4.78 is 0. The van der Waals surface area contributed by atoms with Gasteiger partial charge in [-0.2, -0.15) is 0 Å². The molecule has 1 saturated carbocycles. The molecular weight excluding hydrogens is 212 g/mol. The average Bonchev–Trinajstić information content (AvgIpc) is 2.44. The fourth-order valence-corrected chi connectivity index (χ4v) is 4.09. The van der Waals surface area contributed by atoms with Gasteiger partial charge in [0, 0.05) is 12.6 Å². The summed E-state index contributed by atoms with van der Waals surface area (Å²) in [6.45, 7) is 11.4. The summed E-state index contributed by atoms with van der Waals surface area (Å²) in [6.07, 6.45) is 3.62. The van der Waals surface area contributed by atoms with Crippen LogP contribution in [0.1, 0.15) is 47.0 Å². The zero-order chi connectivity index (χ0) is 12.7. The summed E-state index contributed by atoms with van der Waals surface area (Å²) in [6, 6.07) is 0.481. The van der Waals surface area contributed by atoms with Gasteiger partial charge in [-0.1, -0.05) is 27.7 Å². The second-order valence-electron chi connectivity index (χ2n) is 7.02. The van der Waals surface area contributed by atoms with E-state index in [1.807, 2.05) is 6.92 Å². The molecule has 2 rings (SSSR count). The lowest BCUT2D eigenvalue weighted by Crippen LogP contribution is -2.42. The van der Waals surface area contributed by atoms with E-state index in [4.69, 9.17) is 0 Å². The van der Waals surface area contributed by atoms with Gasteiger partial charge < -0.3 is 10.2 Å². The van der Waals surface area contributed by atoms with Gasteiger partial charge in [0.05, 0.1) is 6.54 Å². The summed E-state index contributed by atoms with van der Waals surface area (Å²) in [4.78, 5) is 14.3. The molecule has 1 N–H and O–H groups in total. The predicted octanol–water partition coefficient (Wildman–Crippen LogP) is 2.02. The Morgan fingerprint density at radius 3 is 2.71 bits per heavy atom. The van der Waals surface area contributed by atoms with E-state index in [1.165, 1.54) is 19.3 Å². The minimum atomic E-state index is 0.290. The molecule has 0 aromatic rings. The first-order valence-electron chi connectivity index (χ1n) is 6.85. The summed E-state index contributed by atoms with van der Waals surface area (Å²) in [5.41, 5.74) is 0.749. The van der Waals surface area contributed by atoms with Crippen molar-refractivity contribution in [1.82, 2.24) is 10.2 Å². The van der Waals surface area contributed by atoms with Crippen LogP contribution in [0.25, 0.3) is 0 Å². The molecule has 2 atom stereocenters. The molecule has 3 nitrogen and oxygen atoms in total. The molecule has 0 aromatic carbocycles. The van der Waals surface area contributed by atoms with Gasteiger partial charge in [0.15, 0.2) is 0 Å². The second-order valence-corrected chi connectivity index (χ2v) is 7.02. The zero-order valence-corrected chi connectivity index (χ0v) is 11.7. The van der Waals surface area contributed by atoms with E-state index in [-0.39, 0.29) is 0 Å². The van der Waals surface area contributed by atoms with E-state index in [0.29, 0.717) is 29.3 Å². The number of rotatable bonds is 3. The Hall–Kier alpha value is -0.570. The SMILES string of the molecule is CCNCC(=O)N1CC2(C)CC1CC(C)(C)C2. The van der Waals surface area contributed by atoms with E-state index in [2.05, 4.69) is 31.0 Å². The Bertz CT molecular complexity index is 313. The predicted molar refractivity (Wildman–Crippen MR) is 69.8 cm³/mol. The van der Waals surface area contributed by atoms with Crippen LogP contribution < -0.4 is 5.32 Å². The summed E-state index contributed by atoms with van der Waals surface area (Å²) in [5, 5.41) is 3.15. The van der Waals surface area contributed by atoms with Gasteiger partial charge in [-0.3, -0.25) is 4.79 Å². The Kier molecular flexibility index (Phi) is 3.23. The smallest absolute Gasteiger partial charge is 0.236 e. The van der Waals surface area contributed by atoms with E-state index in [1.54, 1.807) is 0 Å². The highest BCUT2D eigenvalue weighted by Crippen LogP contribution is 2.52. The monoisotopic (exact) mass is 238 g/mol. The fourth-order valence-electron chi connectivity index (χ4n) is 4.09. The number of nitrogens with zero attached hydrogens (tertiary/aromatic N) is 1. The molecule has 1 aliphatic heterocycles. The number of carbonyl (C=O) groups is 1. The molecule has 0 radical (unpaired) electrons. The first-order chi connectivity index (χ1) is 7.85. The van der Waals surface area contributed by atoms with Crippen LogP contribution in [0.5, 0.6) is 0 Å². The molecule has 1 aliphatic carbocycles. The number of nitrogens with one attached hydrogen (secondary N) is 1. The lowest BCUT2D eigenvalue weighted by molar-refractivity contribution is -0.131. The standard InChI is InChI=1S/C14H26N2O/c1-5-15-8-12(17)16-10-14(4)7-11(16)6-13(2,3)9-14/h11,15H,5-10H2,1-4H3. The Morgan fingerprint density at radius 2 is 2.06 bits per heavy atom. The summed E-state index contributed by atoms with van der Waals surface area (Å²) >= 11 is 0. The van der Waals surface area contributed by atoms with Crippen LogP contribution in [0.2, 0.25) is 0 Å². The van der Waals surface area contributed by atoms with Gasteiger partial charge >= 0.3 is 0 Å². The van der Waals surface area contributed by atoms with Gasteiger partial charge in [-0.25, -0.2) is 0 Å². The number of carbonyl (C=O) groups excluding carboxylic acids is 1. The number of likely N-dealkylation sites (tertiary alicyclic amines) is 1. The maximum absolute atomic E-state index is 12.2. The number of likely N-dealkylation sites (N-methyl/N-ethyl adjacent to an activating group) is 1. The largest absolute Gasteiger partial charge is 0.338 e. The minimum Gasteiger partial charge on any atom is -0.338 e. The number of amides is 1. The van der Waals surface area contributed by atoms with Gasteiger partial charge in [0.1, 0.15) is 0 Å². The topological polar surface area (TPSA) is 32.3 Å². The highest BCUT2D eigenvalue weighted by Gasteiger charge is 2.50. The Morgan fingerprint density at radius 1 is 1.35 bits per heavy atom. The molecule has 1 amide bonds. The van der Waals surface area contributed by atoms with Crippen molar-refractivity contribution in [2.45, 2.75) is 53.0 Å². The molecular formula is C14H26N2O. The number of hydrogen-bond acceptors (Lipinski definition) is 2. The quantitative estimate of drug-likeness (QED) is 0.816. The number of fused-ring (bicyclic) bond motifs is 2. The third-order valence-electron chi connectivity index (χ3n) is 4.26. The van der Waals surface area contributed by atoms with Crippen molar-refractivity contribution >= 4 is 5.91 Å². The van der Waals surface area contributed by atoms with Gasteiger partial charge in [-0.05, 0) is 36.6 Å². The maximum atomic E-state index is 12.2. The first kappa shape index (κ1) is 12.9. The van der Waals surface area contributed by atoms with Crippen molar-refractivity contribution in [1.29, 1.82) is 0 Å². The van der Waals surface area contributed by atoms with Gasteiger partial charge in [0.25, 0.3) is 0 Å². The molecule has 0 spiro atoms. The molecule has 2 unspecified atom stereocenters. The van der Waals surface area contributed by atoms with Crippen LogP contribution in [0, 0.1) is 10.8 Å². The molecule has 1 saturated heterocycles. The second kappa shape index (κ2) is 4.27. The van der Waals surface area contributed by atoms with Crippen molar-refractivity contribution in [2.75, 3.05) is 19.6 Å². The Labute approximate surface area is 105 Å². The van der Waals surface area contributed by atoms with Crippen LogP contribution in [-0.2, 0) is 4.79 Å². The number of hydrogen-bond donors (Lipinski definition) is 1. The maximum Gasteiger partial charge on any atom is 0.236 e. The van der Waals surface area contributed by atoms with Crippen LogP contribution in [0.4, 0.5) is 0 Å². The van der Waals surface area contributed by atoms with E-state index in [0.717, 1.165) is 13.1 Å². The van der Waals surface area contributed by atoms with Crippen molar-refractivity contribution in [3.63, 3.8) is 0 Å². The van der Waals surface area contributed by atoms with Crippen LogP contribution in [0.3, 0.4) is 0 Å². The fraction of sp³-hybridized carbons (Fsp3) is 0.929. The molecule has 1 heterocycles. The van der Waals surface area contributed by atoms with Crippen molar-refractivity contribution < 1.29 is 4.79 Å². The van der Waals surface area contributed by atoms with E-state index in [9.17, 15) is 4.79 Å². The lowest BCUT2D eigenvalue weighted by atomic mass is 9.65. The van der Waals surface area contributed by atoms with Crippen molar-refractivity contribution in [2.24, 2.45) is 10.8 Å². The molecule has 2 bridgehead atoms. The highest BCUT2D eigenvalue weighted by molar-refractivity contribution is 5.79. The third-order valence-corrected chi connectivity index (χ3v) is 4.26. The summed E-state index contributed by atoms with van der Waals surface area (Å²) in [7, 11) is 0. The normalized spacial score (nSPS) is 35.1. The van der Waals surface area contributed by atoms with Crippen LogP contribution in [-0.4, -0.2) is 36.5 Å². The van der Waals surface area contributed by atoms with Crippen molar-refractivity contribution in [3.05, 3.63) is 0 Å². The van der Waals surface area contributed by atoms with Gasteiger partial charge in [-0.15, -0.1) is 0 Å². The zero-order valence-electron chi connectivity index (χ0n) is 11.7. The summed E-state index contributed by atoms with van der Waals surface area (Å²) in [5.74, 6) is 0.290. The molecule has 98 valence electrons. The lowest BCUT2D eigenvalue weighted by Gasteiger charge is -2.39. The Balaban J connectivity index is 2.05. The van der Waals surface area contributed by atoms with Crippen LogP contribution in [0.15, 0.2) is 0 Å². The van der Waals surface area contributed by atoms with Crippen LogP contribution >= 0.6 is 0 Å². The first-order valence-corrected chi connectivity index (χ1v) is 6.85. The molecule has 0 aromatic heterocycles.